The number of aliphatic imine (C=N–C) groups is 1. The minimum Gasteiger partial charge on any atom is -0.378 e. The smallest absolute Gasteiger partial charge is 0.236 e. The highest BCUT2D eigenvalue weighted by Crippen LogP contribution is 2.15. The summed E-state index contributed by atoms with van der Waals surface area (Å²) in [4.78, 5) is 23.4. The lowest BCUT2D eigenvalue weighted by molar-refractivity contribution is -0.136. The molecule has 2 aliphatic heterocycles. The maximum atomic E-state index is 12.5. The highest BCUT2D eigenvalue weighted by atomic mass is 127. The van der Waals surface area contributed by atoms with Gasteiger partial charge in [-0.25, -0.2) is 0 Å². The Morgan fingerprint density at radius 3 is 2.28 bits per heavy atom. The number of carbonyl (C=O) groups is 1. The molecule has 180 valence electrons. The fraction of sp³-hybridized carbons (Fsp3) is 0.667. The Kier molecular flexibility index (Phi) is 11.7. The highest BCUT2D eigenvalue weighted by Gasteiger charge is 2.24. The molecule has 8 heteroatoms. The molecule has 3 rings (SSSR count). The molecule has 0 aliphatic carbocycles. The number of hydrogen-bond donors (Lipinski definition) is 1. The van der Waals surface area contributed by atoms with Crippen LogP contribution in [0.5, 0.6) is 0 Å². The lowest BCUT2D eigenvalue weighted by Crippen LogP contribution is -2.55. The fourth-order valence-electron chi connectivity index (χ4n) is 4.12. The number of rotatable bonds is 7. The molecule has 1 amide bonds. The maximum absolute atomic E-state index is 12.5. The molecule has 2 saturated heterocycles. The monoisotopic (exact) mass is 557 g/mol. The molecule has 2 heterocycles. The van der Waals surface area contributed by atoms with E-state index in [9.17, 15) is 4.79 Å². The molecule has 0 radical (unpaired) electrons. The van der Waals surface area contributed by atoms with Crippen molar-refractivity contribution in [2.24, 2.45) is 4.99 Å². The number of hydrogen-bond acceptors (Lipinski definition) is 4. The summed E-state index contributed by atoms with van der Waals surface area (Å²) < 4.78 is 5.34. The Hall–Kier alpha value is -1.39. The molecule has 7 nitrogen and oxygen atoms in total. The van der Waals surface area contributed by atoms with Crippen LogP contribution in [0.3, 0.4) is 0 Å². The number of aryl methyl sites for hydroxylation is 1. The van der Waals surface area contributed by atoms with Crippen LogP contribution in [0.4, 0.5) is 0 Å². The van der Waals surface area contributed by atoms with Crippen LogP contribution in [0.15, 0.2) is 29.3 Å². The van der Waals surface area contributed by atoms with Gasteiger partial charge in [-0.1, -0.05) is 38.1 Å². The summed E-state index contributed by atoms with van der Waals surface area (Å²) in [7, 11) is 1.85. The summed E-state index contributed by atoms with van der Waals surface area (Å²) in [6, 6.07) is 8.99. The third kappa shape index (κ3) is 8.19. The molecule has 1 aromatic carbocycles. The first-order valence-corrected chi connectivity index (χ1v) is 11.7. The van der Waals surface area contributed by atoms with Crippen LogP contribution in [0.1, 0.15) is 37.3 Å². The Labute approximate surface area is 210 Å². The fourth-order valence-corrected chi connectivity index (χ4v) is 4.12. The molecule has 0 atom stereocenters. The lowest BCUT2D eigenvalue weighted by atomic mass is 10.0. The Morgan fingerprint density at radius 1 is 1.03 bits per heavy atom. The number of nitrogens with one attached hydrogen (secondary N) is 1. The summed E-state index contributed by atoms with van der Waals surface area (Å²) in [5.41, 5.74) is 2.79. The van der Waals surface area contributed by atoms with Gasteiger partial charge in [0.1, 0.15) is 0 Å². The summed E-state index contributed by atoms with van der Waals surface area (Å²) in [5, 5.41) is 3.51. The predicted octanol–water partition coefficient (Wildman–Crippen LogP) is 2.41. The van der Waals surface area contributed by atoms with E-state index in [-0.39, 0.29) is 29.9 Å². The van der Waals surface area contributed by atoms with Crippen LogP contribution in [0.2, 0.25) is 0 Å². The zero-order chi connectivity index (χ0) is 22.1. The highest BCUT2D eigenvalue weighted by molar-refractivity contribution is 14.0. The number of halogens is 1. The van der Waals surface area contributed by atoms with Crippen LogP contribution in [0, 0.1) is 0 Å². The van der Waals surface area contributed by atoms with Crippen molar-refractivity contribution in [1.29, 1.82) is 0 Å². The number of carbonyl (C=O) groups excluding carboxylic acids is 1. The number of guanidine groups is 1. The van der Waals surface area contributed by atoms with Crippen molar-refractivity contribution in [2.45, 2.75) is 32.6 Å². The molecule has 2 aliphatic rings. The standard InChI is InChI=1S/C24H39N5O2.HI/c1-20(2)22-8-6-21(7-9-22)5-4-10-26-24(25-3)29-13-11-27(12-14-29)19-23(30)28-15-17-31-18-16-28;/h6-9,20H,4-5,10-19H2,1-3H3,(H,25,26);1H. The third-order valence-corrected chi connectivity index (χ3v) is 6.18. The van der Waals surface area contributed by atoms with Gasteiger partial charge in [-0.3, -0.25) is 14.7 Å². The quantitative estimate of drug-likeness (QED) is 0.242. The molecule has 1 N–H and O–H groups in total. The van der Waals surface area contributed by atoms with E-state index in [1.165, 1.54) is 11.1 Å². The van der Waals surface area contributed by atoms with E-state index in [2.05, 4.69) is 58.2 Å². The lowest BCUT2D eigenvalue weighted by Gasteiger charge is -2.37. The second-order valence-electron chi connectivity index (χ2n) is 8.73. The molecule has 1 aromatic rings. The Morgan fingerprint density at radius 2 is 1.69 bits per heavy atom. The van der Waals surface area contributed by atoms with E-state index in [1.807, 2.05) is 11.9 Å². The number of piperazine rings is 1. The van der Waals surface area contributed by atoms with Gasteiger partial charge in [-0.2, -0.15) is 0 Å². The van der Waals surface area contributed by atoms with Gasteiger partial charge in [0.25, 0.3) is 0 Å². The van der Waals surface area contributed by atoms with Gasteiger partial charge in [0.2, 0.25) is 5.91 Å². The average molecular weight is 558 g/mol. The van der Waals surface area contributed by atoms with Gasteiger partial charge in [0.05, 0.1) is 19.8 Å². The molecular formula is C24H40IN5O2. The van der Waals surface area contributed by atoms with Crippen molar-refractivity contribution >= 4 is 35.8 Å². The Bertz CT molecular complexity index is 712. The van der Waals surface area contributed by atoms with Crippen molar-refractivity contribution < 1.29 is 9.53 Å². The van der Waals surface area contributed by atoms with E-state index in [1.54, 1.807) is 0 Å². The van der Waals surface area contributed by atoms with Crippen LogP contribution in [-0.2, 0) is 16.0 Å². The largest absolute Gasteiger partial charge is 0.378 e. The van der Waals surface area contributed by atoms with Gasteiger partial charge >= 0.3 is 0 Å². The van der Waals surface area contributed by atoms with Crippen LogP contribution in [0.25, 0.3) is 0 Å². The molecule has 0 bridgehead atoms. The maximum Gasteiger partial charge on any atom is 0.236 e. The van der Waals surface area contributed by atoms with Gasteiger partial charge in [0, 0.05) is 52.9 Å². The zero-order valence-electron chi connectivity index (χ0n) is 19.9. The number of amides is 1. The van der Waals surface area contributed by atoms with E-state index in [0.29, 0.717) is 25.7 Å². The van der Waals surface area contributed by atoms with Crippen molar-refractivity contribution in [3.63, 3.8) is 0 Å². The third-order valence-electron chi connectivity index (χ3n) is 6.18. The minimum atomic E-state index is 0. The zero-order valence-corrected chi connectivity index (χ0v) is 22.2. The van der Waals surface area contributed by atoms with Gasteiger partial charge < -0.3 is 19.9 Å². The van der Waals surface area contributed by atoms with Crippen molar-refractivity contribution in [3.8, 4) is 0 Å². The van der Waals surface area contributed by atoms with Crippen LogP contribution < -0.4 is 5.32 Å². The Balaban J connectivity index is 0.00000363. The van der Waals surface area contributed by atoms with E-state index < -0.39 is 0 Å². The summed E-state index contributed by atoms with van der Waals surface area (Å²) in [6.45, 7) is 12.2. The molecule has 32 heavy (non-hydrogen) atoms. The molecular weight excluding hydrogens is 517 g/mol. The second kappa shape index (κ2) is 14.0. The molecule has 0 spiro atoms. The predicted molar refractivity (Wildman–Crippen MR) is 141 cm³/mol. The van der Waals surface area contributed by atoms with Crippen molar-refractivity contribution in [1.82, 2.24) is 20.0 Å². The number of benzene rings is 1. The summed E-state index contributed by atoms with van der Waals surface area (Å²) in [6.07, 6.45) is 2.15. The van der Waals surface area contributed by atoms with Crippen molar-refractivity contribution in [2.75, 3.05) is 72.6 Å². The minimum absolute atomic E-state index is 0. The topological polar surface area (TPSA) is 60.4 Å². The molecule has 0 saturated carbocycles. The molecule has 2 fully saturated rings. The molecule has 0 aromatic heterocycles. The van der Waals surface area contributed by atoms with Gasteiger partial charge in [0.15, 0.2) is 5.96 Å². The second-order valence-corrected chi connectivity index (χ2v) is 8.73. The summed E-state index contributed by atoms with van der Waals surface area (Å²) in [5.74, 6) is 1.77. The first-order valence-electron chi connectivity index (χ1n) is 11.7. The molecule has 0 unspecified atom stereocenters. The number of ether oxygens (including phenoxy) is 1. The SMILES string of the molecule is CN=C(NCCCc1ccc(C(C)C)cc1)N1CCN(CC(=O)N2CCOCC2)CC1.I. The van der Waals surface area contributed by atoms with Crippen LogP contribution >= 0.6 is 24.0 Å². The number of nitrogens with zero attached hydrogens (tertiary/aromatic N) is 4. The van der Waals surface area contributed by atoms with Crippen LogP contribution in [-0.4, -0.2) is 99.2 Å². The van der Waals surface area contributed by atoms with Gasteiger partial charge in [-0.05, 0) is 29.9 Å². The van der Waals surface area contributed by atoms with E-state index in [4.69, 9.17) is 4.74 Å². The first kappa shape index (κ1) is 26.9. The van der Waals surface area contributed by atoms with Crippen molar-refractivity contribution in [3.05, 3.63) is 35.4 Å². The first-order chi connectivity index (χ1) is 15.1. The van der Waals surface area contributed by atoms with E-state index >= 15 is 0 Å². The van der Waals surface area contributed by atoms with Gasteiger partial charge in [-0.15, -0.1) is 24.0 Å². The normalized spacial score (nSPS) is 17.9. The van der Waals surface area contributed by atoms with E-state index in [0.717, 1.165) is 64.6 Å². The summed E-state index contributed by atoms with van der Waals surface area (Å²) >= 11 is 0. The number of morpholine rings is 1. The average Bonchev–Trinajstić information content (AvgIpc) is 2.81.